The minimum atomic E-state index is 0.0360. The van der Waals surface area contributed by atoms with Gasteiger partial charge in [-0.1, -0.05) is 0 Å². The van der Waals surface area contributed by atoms with Crippen LogP contribution < -0.4 is 0 Å². The van der Waals surface area contributed by atoms with Gasteiger partial charge in [-0.2, -0.15) is 22.7 Å². The van der Waals surface area contributed by atoms with Gasteiger partial charge in [0.05, 0.1) is 18.4 Å². The van der Waals surface area contributed by atoms with E-state index < -0.39 is 0 Å². The van der Waals surface area contributed by atoms with Crippen molar-refractivity contribution in [2.24, 2.45) is 0 Å². The Balaban J connectivity index is 1.81. The molecule has 0 saturated heterocycles. The molecule has 5 heteroatoms. The highest BCUT2D eigenvalue weighted by Gasteiger charge is 2.18. The summed E-state index contributed by atoms with van der Waals surface area (Å²) in [6.45, 7) is 1.08. The molecule has 0 bridgehead atoms. The van der Waals surface area contributed by atoms with Crippen molar-refractivity contribution in [1.29, 1.82) is 0 Å². The number of nitrogens with zero attached hydrogens (tertiary/aromatic N) is 1. The van der Waals surface area contributed by atoms with Gasteiger partial charge in [0.15, 0.2) is 0 Å². The first kappa shape index (κ1) is 13.1. The Kier molecular flexibility index (Phi) is 3.99. The first-order valence-electron chi connectivity index (χ1n) is 6.18. The van der Waals surface area contributed by atoms with Crippen LogP contribution >= 0.6 is 22.7 Å². The van der Waals surface area contributed by atoms with Crippen molar-refractivity contribution >= 4 is 28.6 Å². The van der Waals surface area contributed by atoms with Crippen LogP contribution in [0.15, 0.2) is 56.5 Å². The smallest absolute Gasteiger partial charge is 0.255 e. The molecule has 3 rings (SSSR count). The van der Waals surface area contributed by atoms with Gasteiger partial charge in [-0.15, -0.1) is 0 Å². The van der Waals surface area contributed by atoms with E-state index in [1.165, 1.54) is 11.3 Å². The number of carbonyl (C=O) groups excluding carboxylic acids is 1. The maximum Gasteiger partial charge on any atom is 0.255 e. The van der Waals surface area contributed by atoms with E-state index in [0.717, 1.165) is 16.9 Å². The molecule has 0 aliphatic carbocycles. The highest BCUT2D eigenvalue weighted by molar-refractivity contribution is 7.08. The summed E-state index contributed by atoms with van der Waals surface area (Å²) in [5.41, 5.74) is 1.88. The number of hydrogen-bond acceptors (Lipinski definition) is 4. The SMILES string of the molecule is O=C(c1ccsc1)N(Cc1ccsc1)Cc1ccco1. The van der Waals surface area contributed by atoms with Crippen molar-refractivity contribution in [3.8, 4) is 0 Å². The van der Waals surface area contributed by atoms with Gasteiger partial charge in [0.25, 0.3) is 5.91 Å². The van der Waals surface area contributed by atoms with Crippen LogP contribution in [0, 0.1) is 0 Å². The van der Waals surface area contributed by atoms with Crippen LogP contribution in [0.2, 0.25) is 0 Å². The Hall–Kier alpha value is -1.85. The normalized spacial score (nSPS) is 10.6. The highest BCUT2D eigenvalue weighted by Crippen LogP contribution is 2.17. The molecule has 0 aliphatic rings. The maximum absolute atomic E-state index is 12.6. The molecule has 3 aromatic rings. The second-order valence-electron chi connectivity index (χ2n) is 4.38. The molecule has 0 aromatic carbocycles. The Morgan fingerprint density at radius 2 is 1.95 bits per heavy atom. The number of amides is 1. The molecule has 3 aromatic heterocycles. The lowest BCUT2D eigenvalue weighted by molar-refractivity contribution is 0.0718. The Bertz CT molecular complexity index is 606. The fourth-order valence-corrected chi connectivity index (χ4v) is 3.25. The Morgan fingerprint density at radius 1 is 1.10 bits per heavy atom. The fraction of sp³-hybridized carbons (Fsp3) is 0.133. The lowest BCUT2D eigenvalue weighted by atomic mass is 10.2. The lowest BCUT2D eigenvalue weighted by Crippen LogP contribution is -2.29. The van der Waals surface area contributed by atoms with Gasteiger partial charge in [-0.3, -0.25) is 4.79 Å². The molecule has 0 atom stereocenters. The van der Waals surface area contributed by atoms with Gasteiger partial charge >= 0.3 is 0 Å². The van der Waals surface area contributed by atoms with E-state index in [4.69, 9.17) is 4.42 Å². The van der Waals surface area contributed by atoms with E-state index in [9.17, 15) is 4.79 Å². The van der Waals surface area contributed by atoms with Crippen molar-refractivity contribution in [1.82, 2.24) is 4.90 Å². The van der Waals surface area contributed by atoms with Gasteiger partial charge in [0.2, 0.25) is 0 Å². The zero-order valence-electron chi connectivity index (χ0n) is 10.7. The number of carbonyl (C=O) groups is 1. The molecule has 0 saturated carbocycles. The summed E-state index contributed by atoms with van der Waals surface area (Å²) < 4.78 is 5.36. The molecule has 0 fully saturated rings. The zero-order valence-corrected chi connectivity index (χ0v) is 12.3. The van der Waals surface area contributed by atoms with E-state index >= 15 is 0 Å². The van der Waals surface area contributed by atoms with Crippen LogP contribution in [0.3, 0.4) is 0 Å². The van der Waals surface area contributed by atoms with Gasteiger partial charge in [0, 0.05) is 11.9 Å². The molecule has 20 heavy (non-hydrogen) atoms. The number of thiophene rings is 2. The quantitative estimate of drug-likeness (QED) is 0.706. The minimum Gasteiger partial charge on any atom is -0.467 e. The van der Waals surface area contributed by atoms with E-state index in [1.54, 1.807) is 17.6 Å². The first-order valence-corrected chi connectivity index (χ1v) is 8.06. The minimum absolute atomic E-state index is 0.0360. The monoisotopic (exact) mass is 303 g/mol. The predicted octanol–water partition coefficient (Wildman–Crippen LogP) is 4.25. The third kappa shape index (κ3) is 3.00. The van der Waals surface area contributed by atoms with Gasteiger partial charge < -0.3 is 9.32 Å². The van der Waals surface area contributed by atoms with Crippen molar-refractivity contribution in [3.63, 3.8) is 0 Å². The highest BCUT2D eigenvalue weighted by atomic mass is 32.1. The van der Waals surface area contributed by atoms with E-state index in [2.05, 4.69) is 5.38 Å². The summed E-state index contributed by atoms with van der Waals surface area (Å²) >= 11 is 3.17. The fourth-order valence-electron chi connectivity index (χ4n) is 1.96. The van der Waals surface area contributed by atoms with Crippen LogP contribution in [0.25, 0.3) is 0 Å². The van der Waals surface area contributed by atoms with E-state index in [0.29, 0.717) is 13.1 Å². The molecular formula is C15H13NO2S2. The summed E-state index contributed by atoms with van der Waals surface area (Å²) in [5.74, 6) is 0.831. The standard InChI is InChI=1S/C15H13NO2S2/c17-15(13-4-7-20-11-13)16(8-12-3-6-19-10-12)9-14-2-1-5-18-14/h1-7,10-11H,8-9H2. The first-order chi connectivity index (χ1) is 9.83. The van der Waals surface area contributed by atoms with Gasteiger partial charge in [-0.25, -0.2) is 0 Å². The summed E-state index contributed by atoms with van der Waals surface area (Å²) in [6, 6.07) is 7.63. The molecule has 3 heterocycles. The summed E-state index contributed by atoms with van der Waals surface area (Å²) in [7, 11) is 0. The topological polar surface area (TPSA) is 33.5 Å². The zero-order chi connectivity index (χ0) is 13.8. The van der Waals surface area contributed by atoms with Crippen LogP contribution in [0.1, 0.15) is 21.7 Å². The van der Waals surface area contributed by atoms with Crippen LogP contribution in [0.5, 0.6) is 0 Å². The number of furan rings is 1. The van der Waals surface area contributed by atoms with Crippen LogP contribution in [-0.4, -0.2) is 10.8 Å². The van der Waals surface area contributed by atoms with Crippen LogP contribution in [0.4, 0.5) is 0 Å². The molecule has 3 nitrogen and oxygen atoms in total. The summed E-state index contributed by atoms with van der Waals surface area (Å²) in [4.78, 5) is 14.4. The second kappa shape index (κ2) is 6.07. The number of rotatable bonds is 5. The molecule has 0 spiro atoms. The third-order valence-electron chi connectivity index (χ3n) is 2.94. The molecule has 102 valence electrons. The molecule has 1 amide bonds. The van der Waals surface area contributed by atoms with Crippen molar-refractivity contribution in [2.75, 3.05) is 0 Å². The summed E-state index contributed by atoms with van der Waals surface area (Å²) in [5, 5.41) is 7.89. The maximum atomic E-state index is 12.6. The van der Waals surface area contributed by atoms with E-state index in [-0.39, 0.29) is 5.91 Å². The Morgan fingerprint density at radius 3 is 2.60 bits per heavy atom. The van der Waals surface area contributed by atoms with E-state index in [1.807, 2.05) is 45.3 Å². The average Bonchev–Trinajstić information content (AvgIpc) is 3.20. The van der Waals surface area contributed by atoms with Crippen molar-refractivity contribution in [2.45, 2.75) is 13.1 Å². The predicted molar refractivity (Wildman–Crippen MR) is 80.9 cm³/mol. The molecule has 0 N–H and O–H groups in total. The van der Waals surface area contributed by atoms with Crippen molar-refractivity contribution < 1.29 is 9.21 Å². The largest absolute Gasteiger partial charge is 0.467 e. The third-order valence-corrected chi connectivity index (χ3v) is 4.35. The van der Waals surface area contributed by atoms with Crippen LogP contribution in [-0.2, 0) is 13.1 Å². The van der Waals surface area contributed by atoms with Crippen molar-refractivity contribution in [3.05, 3.63) is 68.9 Å². The molecule has 0 aliphatic heterocycles. The lowest BCUT2D eigenvalue weighted by Gasteiger charge is -2.20. The number of hydrogen-bond donors (Lipinski definition) is 0. The Labute approximate surface area is 125 Å². The van der Waals surface area contributed by atoms with Gasteiger partial charge in [-0.05, 0) is 46.0 Å². The van der Waals surface area contributed by atoms with Gasteiger partial charge in [0.1, 0.15) is 5.76 Å². The molecule has 0 radical (unpaired) electrons. The average molecular weight is 303 g/mol. The summed E-state index contributed by atoms with van der Waals surface area (Å²) in [6.07, 6.45) is 1.63. The second-order valence-corrected chi connectivity index (χ2v) is 5.94. The molecule has 0 unspecified atom stereocenters. The molecular weight excluding hydrogens is 290 g/mol.